The van der Waals surface area contributed by atoms with E-state index in [4.69, 9.17) is 11.5 Å². The van der Waals surface area contributed by atoms with E-state index in [1.807, 2.05) is 12.1 Å². The number of aromatic amines is 1. The van der Waals surface area contributed by atoms with Gasteiger partial charge in [0.2, 0.25) is 11.5 Å². The SMILES string of the molecule is NC=C(Br)c1nc(C(=O)NCCN)cc(NCc2cccnc2)[nH+]1. The van der Waals surface area contributed by atoms with Crippen LogP contribution in [0.1, 0.15) is 21.9 Å². The fourth-order valence-electron chi connectivity index (χ4n) is 1.86. The summed E-state index contributed by atoms with van der Waals surface area (Å²) in [6.07, 6.45) is 4.83. The lowest BCUT2D eigenvalue weighted by atomic mass is 10.3. The second kappa shape index (κ2) is 8.94. The molecule has 7 N–H and O–H groups in total. The predicted octanol–water partition coefficient (Wildman–Crippen LogP) is 0.243. The van der Waals surface area contributed by atoms with Gasteiger partial charge in [-0.25, -0.2) is 4.98 Å². The number of H-pyrrole nitrogens is 1. The first-order valence-corrected chi connectivity index (χ1v) is 8.06. The smallest absolute Gasteiger partial charge is 0.287 e. The minimum Gasteiger partial charge on any atom is -0.403 e. The lowest BCUT2D eigenvalue weighted by Gasteiger charge is -2.05. The zero-order valence-electron chi connectivity index (χ0n) is 12.9. The van der Waals surface area contributed by atoms with Gasteiger partial charge in [0.25, 0.3) is 11.7 Å². The molecule has 0 radical (unpaired) electrons. The van der Waals surface area contributed by atoms with Gasteiger partial charge in [-0.3, -0.25) is 9.78 Å². The van der Waals surface area contributed by atoms with Gasteiger partial charge in [0.1, 0.15) is 4.48 Å². The molecule has 0 aliphatic heterocycles. The Balaban J connectivity index is 2.23. The molecule has 126 valence electrons. The highest BCUT2D eigenvalue weighted by molar-refractivity contribution is 9.15. The topological polar surface area (TPSA) is 133 Å². The quantitative estimate of drug-likeness (QED) is 0.533. The molecule has 24 heavy (non-hydrogen) atoms. The van der Waals surface area contributed by atoms with Crippen LogP contribution < -0.4 is 27.1 Å². The summed E-state index contributed by atoms with van der Waals surface area (Å²) in [6, 6.07) is 5.44. The highest BCUT2D eigenvalue weighted by Crippen LogP contribution is 2.15. The number of nitrogens with two attached hydrogens (primary N) is 2. The number of aromatic nitrogens is 3. The number of nitrogens with zero attached hydrogens (tertiary/aromatic N) is 2. The number of nitrogens with one attached hydrogen (secondary N) is 3. The van der Waals surface area contributed by atoms with Crippen LogP contribution in [0.2, 0.25) is 0 Å². The summed E-state index contributed by atoms with van der Waals surface area (Å²) in [5.74, 6) is 0.754. The Bertz CT molecular complexity index is 721. The fourth-order valence-corrected chi connectivity index (χ4v) is 2.05. The number of carbonyl (C=O) groups is 1. The first kappa shape index (κ1) is 17.8. The van der Waals surface area contributed by atoms with Crippen LogP contribution in [0, 0.1) is 0 Å². The Labute approximate surface area is 147 Å². The molecule has 2 rings (SSSR count). The van der Waals surface area contributed by atoms with Crippen molar-refractivity contribution in [2.45, 2.75) is 6.54 Å². The molecule has 0 aliphatic carbocycles. The molecule has 0 saturated heterocycles. The van der Waals surface area contributed by atoms with Crippen LogP contribution in [-0.4, -0.2) is 29.0 Å². The largest absolute Gasteiger partial charge is 0.403 e. The molecule has 1 amide bonds. The third kappa shape index (κ3) is 5.00. The molecular formula is C15H19BrN7O+. The molecule has 0 atom stereocenters. The lowest BCUT2D eigenvalue weighted by Crippen LogP contribution is -2.31. The maximum Gasteiger partial charge on any atom is 0.287 e. The van der Waals surface area contributed by atoms with E-state index in [0.29, 0.717) is 35.8 Å². The van der Waals surface area contributed by atoms with Crippen LogP contribution >= 0.6 is 15.9 Å². The van der Waals surface area contributed by atoms with Crippen molar-refractivity contribution in [1.82, 2.24) is 15.3 Å². The number of pyridine rings is 1. The van der Waals surface area contributed by atoms with E-state index in [9.17, 15) is 4.79 Å². The van der Waals surface area contributed by atoms with Crippen LogP contribution in [0.5, 0.6) is 0 Å². The molecule has 0 unspecified atom stereocenters. The molecule has 0 saturated carbocycles. The molecule has 0 spiro atoms. The number of carbonyl (C=O) groups excluding carboxylic acids is 1. The standard InChI is InChI=1S/C15H18BrN7O/c16-11(7-18)14-22-12(15(24)20-5-3-17)6-13(23-14)21-9-10-2-1-4-19-8-10/h1-2,4,6-8H,3,5,9,17-18H2,(H,20,24)(H,21,22,23)/p+1. The van der Waals surface area contributed by atoms with E-state index in [1.165, 1.54) is 6.20 Å². The van der Waals surface area contributed by atoms with Crippen LogP contribution in [-0.2, 0) is 6.54 Å². The third-order valence-corrected chi connectivity index (χ3v) is 3.65. The number of hydrogen-bond donors (Lipinski definition) is 4. The van der Waals surface area contributed by atoms with E-state index in [2.05, 4.69) is 41.5 Å². The van der Waals surface area contributed by atoms with Gasteiger partial charge in [-0.1, -0.05) is 11.1 Å². The summed E-state index contributed by atoms with van der Waals surface area (Å²) >= 11 is 3.30. The van der Waals surface area contributed by atoms with Gasteiger partial charge in [-0.15, -0.1) is 0 Å². The Kier molecular flexibility index (Phi) is 6.64. The van der Waals surface area contributed by atoms with Gasteiger partial charge < -0.3 is 22.1 Å². The lowest BCUT2D eigenvalue weighted by molar-refractivity contribution is -0.369. The van der Waals surface area contributed by atoms with Crippen molar-refractivity contribution in [1.29, 1.82) is 0 Å². The zero-order chi connectivity index (χ0) is 17.4. The van der Waals surface area contributed by atoms with Crippen molar-refractivity contribution >= 4 is 32.1 Å². The van der Waals surface area contributed by atoms with Crippen molar-refractivity contribution in [3.05, 3.63) is 53.9 Å². The van der Waals surface area contributed by atoms with E-state index >= 15 is 0 Å². The van der Waals surface area contributed by atoms with Crippen molar-refractivity contribution in [3.63, 3.8) is 0 Å². The maximum atomic E-state index is 12.1. The van der Waals surface area contributed by atoms with Crippen LogP contribution in [0.15, 0.2) is 36.8 Å². The molecule has 0 aliphatic rings. The third-order valence-electron chi connectivity index (χ3n) is 3.01. The summed E-state index contributed by atoms with van der Waals surface area (Å²) in [5.41, 5.74) is 12.2. The van der Waals surface area contributed by atoms with Gasteiger partial charge in [-0.2, -0.15) is 0 Å². The van der Waals surface area contributed by atoms with Gasteiger partial charge in [0, 0.05) is 37.2 Å². The molecule has 9 heteroatoms. The number of amides is 1. The number of rotatable bonds is 7. The molecule has 0 fully saturated rings. The average molecular weight is 393 g/mol. The highest BCUT2D eigenvalue weighted by atomic mass is 79.9. The van der Waals surface area contributed by atoms with Gasteiger partial charge in [0.15, 0.2) is 0 Å². The van der Waals surface area contributed by atoms with Gasteiger partial charge >= 0.3 is 0 Å². The zero-order valence-corrected chi connectivity index (χ0v) is 14.5. The number of hydrogen-bond acceptors (Lipinski definition) is 6. The molecule has 2 heterocycles. The number of halogens is 1. The second-order valence-electron chi connectivity index (χ2n) is 4.80. The van der Waals surface area contributed by atoms with Crippen molar-refractivity contribution < 1.29 is 9.78 Å². The Morgan fingerprint density at radius 3 is 2.96 bits per heavy atom. The Morgan fingerprint density at radius 1 is 1.46 bits per heavy atom. The second-order valence-corrected chi connectivity index (χ2v) is 5.66. The van der Waals surface area contributed by atoms with Crippen molar-refractivity contribution in [2.24, 2.45) is 11.5 Å². The summed E-state index contributed by atoms with van der Waals surface area (Å²) < 4.78 is 0.542. The Morgan fingerprint density at radius 2 is 2.29 bits per heavy atom. The molecule has 0 bridgehead atoms. The van der Waals surface area contributed by atoms with Crippen LogP contribution in [0.3, 0.4) is 0 Å². The van der Waals surface area contributed by atoms with Gasteiger partial charge in [-0.05, 0) is 22.0 Å². The Hall–Kier alpha value is -2.52. The van der Waals surface area contributed by atoms with E-state index in [-0.39, 0.29) is 11.6 Å². The summed E-state index contributed by atoms with van der Waals surface area (Å²) in [6.45, 7) is 1.28. The summed E-state index contributed by atoms with van der Waals surface area (Å²) in [4.78, 5) is 23.5. The molecule has 0 aromatic carbocycles. The average Bonchev–Trinajstić information content (AvgIpc) is 2.64. The normalized spacial score (nSPS) is 11.2. The van der Waals surface area contributed by atoms with Crippen molar-refractivity contribution in [2.75, 3.05) is 18.4 Å². The summed E-state index contributed by atoms with van der Waals surface area (Å²) in [5, 5.41) is 5.89. The maximum absolute atomic E-state index is 12.1. The molecule has 2 aromatic heterocycles. The summed E-state index contributed by atoms with van der Waals surface area (Å²) in [7, 11) is 0. The first-order valence-electron chi connectivity index (χ1n) is 7.27. The molecule has 2 aromatic rings. The minimum absolute atomic E-state index is 0.254. The van der Waals surface area contributed by atoms with Gasteiger partial charge in [0.05, 0.1) is 12.6 Å². The minimum atomic E-state index is -0.308. The molecular weight excluding hydrogens is 374 g/mol. The van der Waals surface area contributed by atoms with E-state index < -0.39 is 0 Å². The molecule has 8 nitrogen and oxygen atoms in total. The van der Waals surface area contributed by atoms with Crippen molar-refractivity contribution in [3.8, 4) is 0 Å². The van der Waals surface area contributed by atoms with Crippen LogP contribution in [0.4, 0.5) is 5.82 Å². The monoisotopic (exact) mass is 392 g/mol. The van der Waals surface area contributed by atoms with E-state index in [0.717, 1.165) is 5.56 Å². The van der Waals surface area contributed by atoms with E-state index in [1.54, 1.807) is 18.5 Å². The number of anilines is 1. The highest BCUT2D eigenvalue weighted by Gasteiger charge is 2.18. The first-order chi connectivity index (χ1) is 11.6. The van der Waals surface area contributed by atoms with Crippen LogP contribution in [0.25, 0.3) is 4.48 Å². The fraction of sp³-hybridized carbons (Fsp3) is 0.200. The predicted molar refractivity (Wildman–Crippen MR) is 94.8 cm³/mol.